The molecule has 0 saturated carbocycles. The average molecular weight is 453 g/mol. The number of carbonyl (C=O) groups is 2. The number of nitro groups is 1. The summed E-state index contributed by atoms with van der Waals surface area (Å²) in [5.74, 6) is -0.0775. The molecule has 0 aliphatic carbocycles. The largest absolute Gasteiger partial charge is 0.334 e. The van der Waals surface area contributed by atoms with Crippen LogP contribution in [-0.2, 0) is 11.2 Å². The number of rotatable bonds is 9. The van der Waals surface area contributed by atoms with Crippen molar-refractivity contribution in [1.29, 1.82) is 0 Å². The quantitative estimate of drug-likeness (QED) is 0.323. The highest BCUT2D eigenvalue weighted by Gasteiger charge is 2.29. The van der Waals surface area contributed by atoms with Gasteiger partial charge in [0.2, 0.25) is 5.91 Å². The van der Waals surface area contributed by atoms with Crippen molar-refractivity contribution in [2.24, 2.45) is 0 Å². The van der Waals surface area contributed by atoms with Gasteiger partial charge in [-0.05, 0) is 43.0 Å². The fourth-order valence-electron chi connectivity index (χ4n) is 4.22. The van der Waals surface area contributed by atoms with Gasteiger partial charge in [0.15, 0.2) is 0 Å². The van der Waals surface area contributed by atoms with Crippen LogP contribution in [0, 0.1) is 10.1 Å². The molecule has 0 radical (unpaired) electrons. The number of anilines is 1. The number of unbranched alkanes of at least 4 members (excludes halogenated alkanes) is 3. The number of fused-ring (bicyclic) bond motifs is 1. The SMILES string of the molecule is CCCCCCN(CC(=O)N1CCc2ccccc2C1C)C(=O)Nc1ccc([N+](=O)[O-])cc1. The molecule has 1 heterocycles. The Morgan fingerprint density at radius 1 is 1.12 bits per heavy atom. The summed E-state index contributed by atoms with van der Waals surface area (Å²) >= 11 is 0. The van der Waals surface area contributed by atoms with Crippen LogP contribution in [0.4, 0.5) is 16.2 Å². The van der Waals surface area contributed by atoms with Crippen molar-refractivity contribution >= 4 is 23.3 Å². The lowest BCUT2D eigenvalue weighted by Gasteiger charge is -2.36. The zero-order chi connectivity index (χ0) is 23.8. The first-order chi connectivity index (χ1) is 15.9. The van der Waals surface area contributed by atoms with Crippen molar-refractivity contribution in [1.82, 2.24) is 9.80 Å². The van der Waals surface area contributed by atoms with Crippen LogP contribution in [0.1, 0.15) is 56.7 Å². The van der Waals surface area contributed by atoms with Gasteiger partial charge in [-0.2, -0.15) is 0 Å². The van der Waals surface area contributed by atoms with Crippen molar-refractivity contribution < 1.29 is 14.5 Å². The monoisotopic (exact) mass is 452 g/mol. The van der Waals surface area contributed by atoms with E-state index >= 15 is 0 Å². The van der Waals surface area contributed by atoms with Gasteiger partial charge in [0.25, 0.3) is 5.69 Å². The lowest BCUT2D eigenvalue weighted by molar-refractivity contribution is -0.384. The van der Waals surface area contributed by atoms with Crippen LogP contribution >= 0.6 is 0 Å². The molecule has 0 fully saturated rings. The number of amides is 3. The highest BCUT2D eigenvalue weighted by molar-refractivity contribution is 5.92. The van der Waals surface area contributed by atoms with Crippen LogP contribution in [0.2, 0.25) is 0 Å². The maximum absolute atomic E-state index is 13.2. The first-order valence-corrected chi connectivity index (χ1v) is 11.6. The van der Waals surface area contributed by atoms with Gasteiger partial charge in [-0.1, -0.05) is 50.5 Å². The Labute approximate surface area is 194 Å². The first kappa shape index (κ1) is 24.2. The first-order valence-electron chi connectivity index (χ1n) is 11.6. The molecule has 176 valence electrons. The van der Waals surface area contributed by atoms with Gasteiger partial charge in [-0.3, -0.25) is 14.9 Å². The predicted octanol–water partition coefficient (Wildman–Crippen LogP) is 5.15. The molecule has 3 amide bonds. The third-order valence-electron chi connectivity index (χ3n) is 6.14. The smallest absolute Gasteiger partial charge is 0.322 e. The molecule has 3 rings (SSSR count). The Hall–Kier alpha value is -3.42. The minimum Gasteiger partial charge on any atom is -0.334 e. The highest BCUT2D eigenvalue weighted by Crippen LogP contribution is 2.29. The fraction of sp³-hybridized carbons (Fsp3) is 0.440. The molecular weight excluding hydrogens is 420 g/mol. The van der Waals surface area contributed by atoms with Gasteiger partial charge in [0.1, 0.15) is 6.54 Å². The molecule has 0 aromatic heterocycles. The zero-order valence-corrected chi connectivity index (χ0v) is 19.3. The maximum Gasteiger partial charge on any atom is 0.322 e. The number of urea groups is 1. The predicted molar refractivity (Wildman–Crippen MR) is 128 cm³/mol. The summed E-state index contributed by atoms with van der Waals surface area (Å²) in [6.45, 7) is 5.25. The Bertz CT molecular complexity index is 977. The highest BCUT2D eigenvalue weighted by atomic mass is 16.6. The van der Waals surface area contributed by atoms with E-state index in [9.17, 15) is 19.7 Å². The lowest BCUT2D eigenvalue weighted by atomic mass is 9.93. The maximum atomic E-state index is 13.2. The number of benzene rings is 2. The number of hydrogen-bond donors (Lipinski definition) is 1. The molecule has 0 spiro atoms. The molecule has 1 unspecified atom stereocenters. The molecule has 1 atom stereocenters. The van der Waals surface area contributed by atoms with Crippen molar-refractivity contribution in [3.63, 3.8) is 0 Å². The Kier molecular flexibility index (Phi) is 8.40. The molecular formula is C25H32N4O4. The van der Waals surface area contributed by atoms with Crippen LogP contribution in [-0.4, -0.2) is 46.3 Å². The van der Waals surface area contributed by atoms with Crippen LogP contribution in [0.3, 0.4) is 0 Å². The molecule has 0 bridgehead atoms. The van der Waals surface area contributed by atoms with Crippen molar-refractivity contribution in [3.8, 4) is 0 Å². The van der Waals surface area contributed by atoms with E-state index in [4.69, 9.17) is 0 Å². The topological polar surface area (TPSA) is 95.8 Å². The summed E-state index contributed by atoms with van der Waals surface area (Å²) in [4.78, 5) is 40.0. The number of nitro benzene ring substituents is 1. The zero-order valence-electron chi connectivity index (χ0n) is 19.3. The molecule has 1 N–H and O–H groups in total. The van der Waals surface area contributed by atoms with Crippen LogP contribution in [0.25, 0.3) is 0 Å². The molecule has 2 aromatic carbocycles. The summed E-state index contributed by atoms with van der Waals surface area (Å²) in [7, 11) is 0. The summed E-state index contributed by atoms with van der Waals surface area (Å²) in [6, 6.07) is 13.4. The van der Waals surface area contributed by atoms with E-state index in [0.717, 1.165) is 37.7 Å². The summed E-state index contributed by atoms with van der Waals surface area (Å²) in [6.07, 6.45) is 4.76. The van der Waals surface area contributed by atoms with E-state index in [-0.39, 0.29) is 30.2 Å². The van der Waals surface area contributed by atoms with Crippen molar-refractivity contribution in [2.45, 2.75) is 52.0 Å². The van der Waals surface area contributed by atoms with Crippen LogP contribution in [0.15, 0.2) is 48.5 Å². The third kappa shape index (κ3) is 6.31. The number of nitrogens with zero attached hydrogens (tertiary/aromatic N) is 3. The average Bonchev–Trinajstić information content (AvgIpc) is 2.81. The minimum atomic E-state index is -0.484. The van der Waals surface area contributed by atoms with Crippen LogP contribution in [0.5, 0.6) is 0 Å². The molecule has 0 saturated heterocycles. The minimum absolute atomic E-state index is 0.00253. The van der Waals surface area contributed by atoms with Crippen molar-refractivity contribution in [3.05, 3.63) is 69.8 Å². The van der Waals surface area contributed by atoms with E-state index in [2.05, 4.69) is 24.4 Å². The second-order valence-electron chi connectivity index (χ2n) is 8.43. The molecule has 8 heteroatoms. The summed E-state index contributed by atoms with van der Waals surface area (Å²) < 4.78 is 0. The lowest BCUT2D eigenvalue weighted by Crippen LogP contribution is -2.47. The molecule has 2 aromatic rings. The molecule has 33 heavy (non-hydrogen) atoms. The fourth-order valence-corrected chi connectivity index (χ4v) is 4.22. The van der Waals surface area contributed by atoms with Gasteiger partial charge >= 0.3 is 6.03 Å². The van der Waals surface area contributed by atoms with Gasteiger partial charge in [-0.15, -0.1) is 0 Å². The van der Waals surface area contributed by atoms with E-state index in [0.29, 0.717) is 18.8 Å². The number of nitrogens with one attached hydrogen (secondary N) is 1. The molecule has 1 aliphatic rings. The number of carbonyl (C=O) groups excluding carboxylic acids is 2. The second-order valence-corrected chi connectivity index (χ2v) is 8.43. The Morgan fingerprint density at radius 2 is 1.85 bits per heavy atom. The van der Waals surface area contributed by atoms with Crippen LogP contribution < -0.4 is 5.32 Å². The number of non-ortho nitro benzene ring substituents is 1. The van der Waals surface area contributed by atoms with E-state index in [1.807, 2.05) is 24.0 Å². The molecule has 8 nitrogen and oxygen atoms in total. The van der Waals surface area contributed by atoms with Crippen molar-refractivity contribution in [2.75, 3.05) is 25.0 Å². The standard InChI is InChI=1S/C25H32N4O4/c1-3-4-5-8-16-27(25(31)26-21-11-13-22(14-12-21)29(32)33)18-24(30)28-17-15-20-9-6-7-10-23(20)19(28)2/h6-7,9-14,19H,3-5,8,15-18H2,1-2H3,(H,26,31). The number of hydrogen-bond acceptors (Lipinski definition) is 4. The molecule has 1 aliphatic heterocycles. The summed E-state index contributed by atoms with van der Waals surface area (Å²) in [5.41, 5.74) is 2.83. The third-order valence-corrected chi connectivity index (χ3v) is 6.14. The summed E-state index contributed by atoms with van der Waals surface area (Å²) in [5, 5.41) is 13.6. The Morgan fingerprint density at radius 3 is 2.55 bits per heavy atom. The van der Waals surface area contributed by atoms with E-state index in [1.54, 1.807) is 4.90 Å². The normalized spacial score (nSPS) is 15.0. The van der Waals surface area contributed by atoms with Gasteiger partial charge in [0, 0.05) is 30.9 Å². The van der Waals surface area contributed by atoms with Gasteiger partial charge in [0.05, 0.1) is 11.0 Å². The second kappa shape index (κ2) is 11.4. The van der Waals surface area contributed by atoms with E-state index < -0.39 is 4.92 Å². The Balaban J connectivity index is 1.68. The van der Waals surface area contributed by atoms with Gasteiger partial charge < -0.3 is 15.1 Å². The van der Waals surface area contributed by atoms with Gasteiger partial charge in [-0.25, -0.2) is 4.79 Å². The van der Waals surface area contributed by atoms with E-state index in [1.165, 1.54) is 29.8 Å².